The van der Waals surface area contributed by atoms with Crippen LogP contribution in [0.1, 0.15) is 23.6 Å². The number of benzene rings is 5. The first kappa shape index (κ1) is 24.3. The second-order valence-electron chi connectivity index (χ2n) is 9.23. The van der Waals surface area contributed by atoms with Gasteiger partial charge in [-0.15, -0.1) is 0 Å². The van der Waals surface area contributed by atoms with Gasteiger partial charge in [0.1, 0.15) is 5.82 Å². The predicted molar refractivity (Wildman–Crippen MR) is 154 cm³/mol. The molecule has 37 heavy (non-hydrogen) atoms. The van der Waals surface area contributed by atoms with E-state index in [1.807, 2.05) is 89.5 Å². The molecule has 0 amide bonds. The molecule has 0 aliphatic heterocycles. The number of anilines is 4. The highest BCUT2D eigenvalue weighted by molar-refractivity contribution is 6.17. The van der Waals surface area contributed by atoms with Crippen LogP contribution >= 0.6 is 0 Å². The van der Waals surface area contributed by atoms with E-state index in [9.17, 15) is 9.80 Å². The fraction of sp³-hybridized carbons (Fsp3) is 0.121. The van der Waals surface area contributed by atoms with Crippen molar-refractivity contribution in [1.82, 2.24) is 0 Å². The SMILES string of the molecule is CCc1cccc(N(C(=N)N(c2ccccc2C)c2cccc3ccc(F)cc23)c2ccccc2C)c1. The first-order valence-corrected chi connectivity index (χ1v) is 12.5. The number of hydrogen-bond donors (Lipinski definition) is 1. The summed E-state index contributed by atoms with van der Waals surface area (Å²) in [6.07, 6.45) is 0.896. The maximum absolute atomic E-state index is 14.5. The number of nitrogens with zero attached hydrogens (tertiary/aromatic N) is 2. The molecule has 5 aromatic rings. The van der Waals surface area contributed by atoms with E-state index in [2.05, 4.69) is 32.0 Å². The summed E-state index contributed by atoms with van der Waals surface area (Å²) in [6.45, 7) is 6.23. The molecule has 0 spiro atoms. The summed E-state index contributed by atoms with van der Waals surface area (Å²) in [5, 5.41) is 11.4. The number of nitrogens with one attached hydrogen (secondary N) is 1. The molecule has 0 aliphatic rings. The van der Waals surface area contributed by atoms with Crippen molar-refractivity contribution in [3.8, 4) is 0 Å². The number of hydrogen-bond acceptors (Lipinski definition) is 1. The van der Waals surface area contributed by atoms with Crippen molar-refractivity contribution in [2.75, 3.05) is 9.80 Å². The molecule has 0 bridgehead atoms. The highest BCUT2D eigenvalue weighted by atomic mass is 19.1. The molecule has 5 aromatic carbocycles. The number of halogens is 1. The van der Waals surface area contributed by atoms with Gasteiger partial charge in [0.15, 0.2) is 0 Å². The molecular weight excluding hydrogens is 457 g/mol. The average Bonchev–Trinajstić information content (AvgIpc) is 2.91. The lowest BCUT2D eigenvalue weighted by atomic mass is 10.1. The van der Waals surface area contributed by atoms with Crippen molar-refractivity contribution >= 4 is 39.5 Å². The molecule has 0 unspecified atom stereocenters. The molecule has 0 saturated heterocycles. The zero-order chi connectivity index (χ0) is 25.9. The van der Waals surface area contributed by atoms with Crippen LogP contribution in [0.25, 0.3) is 10.8 Å². The van der Waals surface area contributed by atoms with E-state index in [1.54, 1.807) is 12.1 Å². The number of guanidine groups is 1. The Bertz CT molecular complexity index is 1590. The van der Waals surface area contributed by atoms with Crippen molar-refractivity contribution in [2.45, 2.75) is 27.2 Å². The van der Waals surface area contributed by atoms with E-state index >= 15 is 0 Å². The Morgan fingerprint density at radius 1 is 0.676 bits per heavy atom. The van der Waals surface area contributed by atoms with E-state index in [4.69, 9.17) is 0 Å². The van der Waals surface area contributed by atoms with Crippen LogP contribution in [0.4, 0.5) is 27.1 Å². The third-order valence-electron chi connectivity index (χ3n) is 6.78. The van der Waals surface area contributed by atoms with Crippen LogP contribution in [0.5, 0.6) is 0 Å². The molecule has 5 rings (SSSR count). The smallest absolute Gasteiger partial charge is 0.212 e. The zero-order valence-corrected chi connectivity index (χ0v) is 21.4. The van der Waals surface area contributed by atoms with E-state index in [-0.39, 0.29) is 11.8 Å². The average molecular weight is 488 g/mol. The van der Waals surface area contributed by atoms with Gasteiger partial charge in [0.25, 0.3) is 0 Å². The summed E-state index contributed by atoms with van der Waals surface area (Å²) < 4.78 is 14.5. The third-order valence-corrected chi connectivity index (χ3v) is 6.78. The zero-order valence-electron chi connectivity index (χ0n) is 21.4. The lowest BCUT2D eigenvalue weighted by Gasteiger charge is -2.36. The minimum absolute atomic E-state index is 0.258. The number of aryl methyl sites for hydroxylation is 3. The molecule has 0 saturated carbocycles. The monoisotopic (exact) mass is 487 g/mol. The first-order chi connectivity index (χ1) is 18.0. The molecule has 0 atom stereocenters. The Morgan fingerprint density at radius 2 is 1.30 bits per heavy atom. The summed E-state index contributed by atoms with van der Waals surface area (Å²) in [6, 6.07) is 35.2. The molecule has 1 N–H and O–H groups in total. The normalized spacial score (nSPS) is 10.9. The molecule has 0 aliphatic carbocycles. The van der Waals surface area contributed by atoms with E-state index in [0.717, 1.165) is 51.1 Å². The van der Waals surface area contributed by atoms with Gasteiger partial charge in [0, 0.05) is 11.1 Å². The topological polar surface area (TPSA) is 30.3 Å². The second kappa shape index (κ2) is 10.3. The maximum atomic E-state index is 14.5. The van der Waals surface area contributed by atoms with Crippen molar-refractivity contribution in [1.29, 1.82) is 5.41 Å². The van der Waals surface area contributed by atoms with Crippen molar-refractivity contribution in [2.24, 2.45) is 0 Å². The van der Waals surface area contributed by atoms with Gasteiger partial charge in [-0.3, -0.25) is 15.2 Å². The summed E-state index contributed by atoms with van der Waals surface area (Å²) in [5.74, 6) is -0.0452. The lowest BCUT2D eigenvalue weighted by Crippen LogP contribution is -2.39. The van der Waals surface area contributed by atoms with E-state index in [0.29, 0.717) is 0 Å². The van der Waals surface area contributed by atoms with Crippen LogP contribution in [-0.4, -0.2) is 5.96 Å². The van der Waals surface area contributed by atoms with Gasteiger partial charge in [0.05, 0.1) is 17.1 Å². The first-order valence-electron chi connectivity index (χ1n) is 12.5. The van der Waals surface area contributed by atoms with Gasteiger partial charge in [-0.2, -0.15) is 0 Å². The highest BCUT2D eigenvalue weighted by Crippen LogP contribution is 2.38. The Hall–Kier alpha value is -4.44. The number of para-hydroxylation sites is 2. The Balaban J connectivity index is 1.79. The van der Waals surface area contributed by atoms with Crippen LogP contribution in [0.2, 0.25) is 0 Å². The van der Waals surface area contributed by atoms with Gasteiger partial charge in [-0.25, -0.2) is 4.39 Å². The molecule has 0 radical (unpaired) electrons. The van der Waals surface area contributed by atoms with Gasteiger partial charge in [-0.05, 0) is 84.8 Å². The minimum Gasteiger partial charge on any atom is -0.281 e. The molecule has 3 nitrogen and oxygen atoms in total. The fourth-order valence-corrected chi connectivity index (χ4v) is 4.80. The van der Waals surface area contributed by atoms with Crippen LogP contribution in [0.15, 0.2) is 109 Å². The van der Waals surface area contributed by atoms with Gasteiger partial charge in [-0.1, -0.05) is 73.7 Å². The fourth-order valence-electron chi connectivity index (χ4n) is 4.80. The second-order valence-corrected chi connectivity index (χ2v) is 9.23. The van der Waals surface area contributed by atoms with Crippen LogP contribution in [0.3, 0.4) is 0 Å². The molecule has 0 fully saturated rings. The standard InChI is InChI=1S/C33H30FN3/c1-4-25-13-9-15-28(21-25)36(30-16-7-5-11-23(30)2)33(35)37(31-17-8-6-12-24(31)3)32-18-10-14-26-19-20-27(34)22-29(26)32/h5-22,35H,4H2,1-3H3. The van der Waals surface area contributed by atoms with Gasteiger partial charge in [0.2, 0.25) is 5.96 Å². The van der Waals surface area contributed by atoms with Gasteiger partial charge >= 0.3 is 0 Å². The molecular formula is C33H30FN3. The molecule has 184 valence electrons. The van der Waals surface area contributed by atoms with Crippen LogP contribution in [0, 0.1) is 25.1 Å². The molecule has 0 heterocycles. The van der Waals surface area contributed by atoms with Crippen molar-refractivity contribution in [3.05, 3.63) is 132 Å². The summed E-state index contributed by atoms with van der Waals surface area (Å²) in [5.41, 5.74) is 6.72. The molecule has 0 aromatic heterocycles. The number of fused-ring (bicyclic) bond motifs is 1. The molecule has 4 heteroatoms. The van der Waals surface area contributed by atoms with Gasteiger partial charge < -0.3 is 0 Å². The van der Waals surface area contributed by atoms with E-state index < -0.39 is 0 Å². The van der Waals surface area contributed by atoms with E-state index in [1.165, 1.54) is 11.6 Å². The Morgan fingerprint density at radius 3 is 1.97 bits per heavy atom. The maximum Gasteiger partial charge on any atom is 0.212 e. The third kappa shape index (κ3) is 4.70. The summed E-state index contributed by atoms with van der Waals surface area (Å²) in [7, 11) is 0. The highest BCUT2D eigenvalue weighted by Gasteiger charge is 2.27. The Labute approximate surface area is 217 Å². The van der Waals surface area contributed by atoms with Crippen molar-refractivity contribution < 1.29 is 4.39 Å². The summed E-state index contributed by atoms with van der Waals surface area (Å²) >= 11 is 0. The summed E-state index contributed by atoms with van der Waals surface area (Å²) in [4.78, 5) is 3.92. The Kier molecular flexibility index (Phi) is 6.74. The van der Waals surface area contributed by atoms with Crippen molar-refractivity contribution in [3.63, 3.8) is 0 Å². The minimum atomic E-state index is -0.303. The largest absolute Gasteiger partial charge is 0.281 e. The predicted octanol–water partition coefficient (Wildman–Crippen LogP) is 9.07. The number of rotatable bonds is 5. The lowest BCUT2D eigenvalue weighted by molar-refractivity contribution is 0.630. The van der Waals surface area contributed by atoms with Crippen LogP contribution < -0.4 is 9.80 Å². The quantitative estimate of drug-likeness (QED) is 0.198. The van der Waals surface area contributed by atoms with Crippen LogP contribution in [-0.2, 0) is 6.42 Å².